The predicted molar refractivity (Wildman–Crippen MR) is 106 cm³/mol. The van der Waals surface area contributed by atoms with Gasteiger partial charge in [0, 0.05) is 0 Å². The lowest BCUT2D eigenvalue weighted by atomic mass is 9.99. The van der Waals surface area contributed by atoms with Crippen LogP contribution in [-0.4, -0.2) is 37.9 Å². The van der Waals surface area contributed by atoms with Crippen molar-refractivity contribution in [3.63, 3.8) is 0 Å². The number of aromatic nitrogens is 5. The average Bonchev–Trinajstić information content (AvgIpc) is 3.42. The van der Waals surface area contributed by atoms with Crippen LogP contribution in [-0.2, 0) is 6.67 Å². The van der Waals surface area contributed by atoms with Crippen LogP contribution < -0.4 is 10.6 Å². The molecule has 2 atom stereocenters. The summed E-state index contributed by atoms with van der Waals surface area (Å²) in [6.45, 7) is 2.56. The van der Waals surface area contributed by atoms with E-state index in [1.807, 2.05) is 23.6 Å². The molecule has 27 heavy (non-hydrogen) atoms. The molecular weight excluding hydrogens is 380 g/mol. The highest BCUT2D eigenvalue weighted by atomic mass is 32.1. The van der Waals surface area contributed by atoms with Crippen molar-refractivity contribution in [2.24, 2.45) is 0 Å². The fourth-order valence-electron chi connectivity index (χ4n) is 3.68. The average molecular weight is 400 g/mol. The van der Waals surface area contributed by atoms with Gasteiger partial charge in [0.1, 0.15) is 10.0 Å². The molecule has 138 valence electrons. The Hall–Kier alpha value is -2.36. The van der Waals surface area contributed by atoms with E-state index in [-0.39, 0.29) is 5.69 Å². The lowest BCUT2D eigenvalue weighted by Crippen LogP contribution is -3.13. The zero-order valence-electron chi connectivity index (χ0n) is 14.6. The van der Waals surface area contributed by atoms with Crippen LogP contribution in [0.4, 0.5) is 0 Å². The molecular formula is C18H19N6OS2+. The molecule has 4 aromatic rings. The summed E-state index contributed by atoms with van der Waals surface area (Å²) in [5, 5.41) is 12.1. The van der Waals surface area contributed by atoms with Crippen molar-refractivity contribution in [1.29, 1.82) is 0 Å². The number of piperidine rings is 1. The summed E-state index contributed by atoms with van der Waals surface area (Å²) >= 11 is 3.28. The standard InChI is InChI=1S/C18H18N6OS2/c25-18-23(20-21-24(18)16-8-4-10-26-16)12-22-9-3-5-13(11-22)17-19-14-6-1-2-7-15(14)27-17/h1-2,4,6-8,10,13H,3,5,9,11-12H2/p+1/t13-/m1/s1. The third kappa shape index (κ3) is 3.22. The fourth-order valence-corrected chi connectivity index (χ4v) is 5.45. The number of hydrogen-bond donors (Lipinski definition) is 1. The Morgan fingerprint density at radius 3 is 2.96 bits per heavy atom. The maximum Gasteiger partial charge on any atom is 0.374 e. The molecule has 1 aliphatic heterocycles. The SMILES string of the molecule is O=c1n(C[NH+]2CCC[C@@H](c3nc4ccccc4s3)C2)nnn1-c1cccs1. The Balaban J connectivity index is 1.34. The lowest BCUT2D eigenvalue weighted by molar-refractivity contribution is -0.929. The summed E-state index contributed by atoms with van der Waals surface area (Å²) in [7, 11) is 0. The Kier molecular flexibility index (Phi) is 4.35. The number of para-hydroxylation sites is 1. The molecule has 1 saturated heterocycles. The minimum atomic E-state index is -0.174. The van der Waals surface area contributed by atoms with Crippen LogP contribution in [0.1, 0.15) is 23.8 Å². The smallest absolute Gasteiger partial charge is 0.316 e. The largest absolute Gasteiger partial charge is 0.374 e. The van der Waals surface area contributed by atoms with E-state index in [9.17, 15) is 4.79 Å². The van der Waals surface area contributed by atoms with E-state index in [4.69, 9.17) is 4.98 Å². The molecule has 4 heterocycles. The van der Waals surface area contributed by atoms with Gasteiger partial charge >= 0.3 is 5.69 Å². The molecule has 1 unspecified atom stereocenters. The highest BCUT2D eigenvalue weighted by Crippen LogP contribution is 2.30. The molecule has 0 aliphatic carbocycles. The monoisotopic (exact) mass is 399 g/mol. The van der Waals surface area contributed by atoms with Crippen molar-refractivity contribution in [3.8, 4) is 5.00 Å². The van der Waals surface area contributed by atoms with Crippen molar-refractivity contribution >= 4 is 32.9 Å². The van der Waals surface area contributed by atoms with Crippen LogP contribution in [0.5, 0.6) is 0 Å². The molecule has 0 amide bonds. The van der Waals surface area contributed by atoms with E-state index in [1.54, 1.807) is 11.3 Å². The highest BCUT2D eigenvalue weighted by molar-refractivity contribution is 7.18. The zero-order valence-corrected chi connectivity index (χ0v) is 16.2. The van der Waals surface area contributed by atoms with E-state index in [0.29, 0.717) is 12.6 Å². The number of nitrogens with one attached hydrogen (secondary N) is 1. The molecule has 1 fully saturated rings. The van der Waals surface area contributed by atoms with Crippen LogP contribution in [0.25, 0.3) is 15.2 Å². The van der Waals surface area contributed by atoms with Gasteiger partial charge in [-0.15, -0.1) is 32.0 Å². The van der Waals surface area contributed by atoms with Crippen molar-refractivity contribution in [2.45, 2.75) is 25.4 Å². The Morgan fingerprint density at radius 2 is 2.11 bits per heavy atom. The van der Waals surface area contributed by atoms with Gasteiger partial charge in [-0.25, -0.2) is 9.78 Å². The number of thiophene rings is 1. The summed E-state index contributed by atoms with van der Waals surface area (Å²) in [5.41, 5.74) is 0.909. The molecule has 0 bridgehead atoms. The number of rotatable bonds is 4. The molecule has 9 heteroatoms. The second-order valence-corrected chi connectivity index (χ2v) is 8.83. The van der Waals surface area contributed by atoms with Gasteiger partial charge in [-0.05, 0) is 52.9 Å². The van der Waals surface area contributed by atoms with Gasteiger partial charge < -0.3 is 4.90 Å². The number of benzene rings is 1. The second kappa shape index (κ2) is 6.99. The third-order valence-electron chi connectivity index (χ3n) is 5.01. The van der Waals surface area contributed by atoms with E-state index in [2.05, 4.69) is 28.6 Å². The molecule has 7 nitrogen and oxygen atoms in total. The molecule has 1 aromatic carbocycles. The van der Waals surface area contributed by atoms with Crippen LogP contribution in [0, 0.1) is 0 Å². The Labute approximate surface area is 163 Å². The number of tetrazole rings is 1. The minimum Gasteiger partial charge on any atom is -0.316 e. The quantitative estimate of drug-likeness (QED) is 0.565. The molecule has 0 spiro atoms. The van der Waals surface area contributed by atoms with Gasteiger partial charge in [0.2, 0.25) is 0 Å². The van der Waals surface area contributed by atoms with Crippen molar-refractivity contribution < 1.29 is 4.90 Å². The van der Waals surface area contributed by atoms with E-state index < -0.39 is 0 Å². The maximum atomic E-state index is 12.6. The summed E-state index contributed by atoms with van der Waals surface area (Å²) in [6.07, 6.45) is 2.28. The fraction of sp³-hybridized carbons (Fsp3) is 0.333. The molecule has 1 aliphatic rings. The minimum absolute atomic E-state index is 0.174. The third-order valence-corrected chi connectivity index (χ3v) is 7.05. The molecule has 5 rings (SSSR count). The van der Waals surface area contributed by atoms with E-state index in [1.165, 1.54) is 35.3 Å². The maximum absolute atomic E-state index is 12.6. The summed E-state index contributed by atoms with van der Waals surface area (Å²) in [4.78, 5) is 18.8. The second-order valence-electron chi connectivity index (χ2n) is 6.85. The first-order chi connectivity index (χ1) is 13.3. The molecule has 3 aromatic heterocycles. The number of likely N-dealkylation sites (tertiary alicyclic amines) is 1. The van der Waals surface area contributed by atoms with Gasteiger partial charge in [0.15, 0.2) is 6.67 Å². The van der Waals surface area contributed by atoms with Crippen LogP contribution in [0.3, 0.4) is 0 Å². The number of fused-ring (bicyclic) bond motifs is 1. The van der Waals surface area contributed by atoms with Gasteiger partial charge in [-0.3, -0.25) is 0 Å². The number of quaternary nitrogens is 1. The first-order valence-corrected chi connectivity index (χ1v) is 10.7. The lowest BCUT2D eigenvalue weighted by Gasteiger charge is -2.28. The van der Waals surface area contributed by atoms with Crippen molar-refractivity contribution in [3.05, 3.63) is 57.3 Å². The van der Waals surface area contributed by atoms with Crippen molar-refractivity contribution in [2.75, 3.05) is 13.1 Å². The predicted octanol–water partition coefficient (Wildman–Crippen LogP) is 1.52. The van der Waals surface area contributed by atoms with Crippen LogP contribution >= 0.6 is 22.7 Å². The highest BCUT2D eigenvalue weighted by Gasteiger charge is 2.28. The number of nitrogens with zero attached hydrogens (tertiary/aromatic N) is 5. The molecule has 0 radical (unpaired) electrons. The first-order valence-electron chi connectivity index (χ1n) is 9.03. The summed E-state index contributed by atoms with van der Waals surface area (Å²) in [5.74, 6) is 0.439. The van der Waals surface area contributed by atoms with Crippen molar-refractivity contribution in [1.82, 2.24) is 24.8 Å². The molecule has 0 saturated carbocycles. The first kappa shape index (κ1) is 16.8. The molecule has 1 N–H and O–H groups in total. The topological polar surface area (TPSA) is 70.0 Å². The normalized spacial score (nSPS) is 20.3. The summed E-state index contributed by atoms with van der Waals surface area (Å²) in [6, 6.07) is 12.1. The Bertz CT molecular complexity index is 1080. The number of hydrogen-bond acceptors (Lipinski definition) is 6. The zero-order chi connectivity index (χ0) is 18.2. The Morgan fingerprint density at radius 1 is 1.19 bits per heavy atom. The van der Waals surface area contributed by atoms with Gasteiger partial charge in [0.25, 0.3) is 0 Å². The van der Waals surface area contributed by atoms with Crippen LogP contribution in [0.15, 0.2) is 46.6 Å². The number of thiazole rings is 1. The summed E-state index contributed by atoms with van der Waals surface area (Å²) < 4.78 is 4.10. The van der Waals surface area contributed by atoms with E-state index >= 15 is 0 Å². The van der Waals surface area contributed by atoms with Gasteiger partial charge in [-0.2, -0.15) is 0 Å². The van der Waals surface area contributed by atoms with Gasteiger partial charge in [-0.1, -0.05) is 12.1 Å². The van der Waals surface area contributed by atoms with Gasteiger partial charge in [0.05, 0.1) is 29.2 Å². The van der Waals surface area contributed by atoms with Crippen LogP contribution in [0.2, 0.25) is 0 Å². The van der Waals surface area contributed by atoms with E-state index in [0.717, 1.165) is 36.4 Å².